The van der Waals surface area contributed by atoms with E-state index in [-0.39, 0.29) is 0 Å². The number of hydrogen-bond donors (Lipinski definition) is 1. The van der Waals surface area contributed by atoms with E-state index in [1.165, 1.54) is 0 Å². The first-order valence-corrected chi connectivity index (χ1v) is 6.83. The Hall–Kier alpha value is -2.59. The summed E-state index contributed by atoms with van der Waals surface area (Å²) in [5, 5.41) is 0.678. The molecule has 4 aromatic rings. The lowest BCUT2D eigenvalue weighted by Crippen LogP contribution is -1.80. The fraction of sp³-hybridized carbons (Fsp3) is 0. The van der Waals surface area contributed by atoms with Crippen molar-refractivity contribution >= 4 is 22.8 Å². The molecule has 0 aliphatic heterocycles. The zero-order valence-electron chi connectivity index (χ0n) is 10.9. The van der Waals surface area contributed by atoms with Crippen LogP contribution >= 0.6 is 11.6 Å². The second-order valence-corrected chi connectivity index (χ2v) is 5.10. The van der Waals surface area contributed by atoms with E-state index >= 15 is 0 Å². The van der Waals surface area contributed by atoms with Crippen molar-refractivity contribution in [3.8, 4) is 22.7 Å². The summed E-state index contributed by atoms with van der Waals surface area (Å²) in [4.78, 5) is 12.1. The van der Waals surface area contributed by atoms with Crippen molar-refractivity contribution in [2.75, 3.05) is 0 Å². The number of fused-ring (bicyclic) bond motifs is 1. The Balaban J connectivity index is 1.83. The van der Waals surface area contributed by atoms with Gasteiger partial charge < -0.3 is 9.40 Å². The second kappa shape index (κ2) is 4.75. The molecule has 0 spiro atoms. The van der Waals surface area contributed by atoms with Gasteiger partial charge in [0.15, 0.2) is 5.65 Å². The van der Waals surface area contributed by atoms with Gasteiger partial charge in [-0.05, 0) is 30.3 Å². The Bertz CT molecular complexity index is 912. The lowest BCUT2D eigenvalue weighted by atomic mass is 10.2. The lowest BCUT2D eigenvalue weighted by Gasteiger charge is -1.96. The normalized spacial score (nSPS) is 11.1. The molecule has 0 amide bonds. The van der Waals surface area contributed by atoms with Crippen LogP contribution in [0.1, 0.15) is 0 Å². The number of H-pyrrole nitrogens is 1. The van der Waals surface area contributed by atoms with Gasteiger partial charge in [-0.1, -0.05) is 23.7 Å². The number of furan rings is 1. The summed E-state index contributed by atoms with van der Waals surface area (Å²) in [7, 11) is 0. The van der Waals surface area contributed by atoms with Gasteiger partial charge in [-0.25, -0.2) is 9.97 Å². The molecule has 0 unspecified atom stereocenters. The lowest BCUT2D eigenvalue weighted by molar-refractivity contribution is 0.582. The maximum atomic E-state index is 6.02. The highest BCUT2D eigenvalue weighted by molar-refractivity contribution is 6.30. The van der Waals surface area contributed by atoms with Gasteiger partial charge in [0, 0.05) is 22.3 Å². The number of rotatable bonds is 2. The van der Waals surface area contributed by atoms with Crippen molar-refractivity contribution in [2.45, 2.75) is 0 Å². The highest BCUT2D eigenvalue weighted by Gasteiger charge is 2.09. The molecule has 0 saturated carbocycles. The number of hydrogen-bond acceptors (Lipinski definition) is 3. The van der Waals surface area contributed by atoms with Crippen molar-refractivity contribution in [3.63, 3.8) is 0 Å². The van der Waals surface area contributed by atoms with Crippen LogP contribution in [0.2, 0.25) is 5.02 Å². The van der Waals surface area contributed by atoms with Crippen LogP contribution in [0.5, 0.6) is 0 Å². The maximum absolute atomic E-state index is 6.02. The smallest absolute Gasteiger partial charge is 0.178 e. The molecule has 5 heteroatoms. The minimum atomic E-state index is 0.667. The van der Waals surface area contributed by atoms with Crippen LogP contribution in [0.25, 0.3) is 33.9 Å². The monoisotopic (exact) mass is 295 g/mol. The average Bonchev–Trinajstić information content (AvgIpc) is 3.16. The van der Waals surface area contributed by atoms with Gasteiger partial charge in [-0.15, -0.1) is 0 Å². The molecule has 0 aliphatic rings. The van der Waals surface area contributed by atoms with Crippen molar-refractivity contribution in [1.82, 2.24) is 15.0 Å². The van der Waals surface area contributed by atoms with Gasteiger partial charge in [0.25, 0.3) is 0 Å². The number of imidazole rings is 1. The molecule has 4 rings (SSSR count). The van der Waals surface area contributed by atoms with Gasteiger partial charge in [-0.2, -0.15) is 0 Å². The molecule has 3 heterocycles. The number of benzene rings is 1. The van der Waals surface area contributed by atoms with Crippen LogP contribution in [0.15, 0.2) is 59.3 Å². The zero-order chi connectivity index (χ0) is 14.2. The summed E-state index contributed by atoms with van der Waals surface area (Å²) >= 11 is 6.02. The Labute approximate surface area is 125 Å². The highest BCUT2D eigenvalue weighted by Crippen LogP contribution is 2.25. The van der Waals surface area contributed by atoms with Crippen LogP contribution in [0.4, 0.5) is 0 Å². The first-order valence-electron chi connectivity index (χ1n) is 6.45. The summed E-state index contributed by atoms with van der Waals surface area (Å²) < 4.78 is 5.38. The molecular formula is C16H10ClN3O. The molecular weight excluding hydrogens is 286 g/mol. The van der Waals surface area contributed by atoms with Crippen molar-refractivity contribution in [3.05, 3.63) is 59.9 Å². The van der Waals surface area contributed by atoms with Crippen molar-refractivity contribution < 1.29 is 4.42 Å². The van der Waals surface area contributed by atoms with E-state index in [1.54, 1.807) is 12.5 Å². The maximum Gasteiger partial charge on any atom is 0.178 e. The Morgan fingerprint density at radius 1 is 1.05 bits per heavy atom. The third-order valence-electron chi connectivity index (χ3n) is 3.24. The molecule has 1 aromatic carbocycles. The highest BCUT2D eigenvalue weighted by atomic mass is 35.5. The average molecular weight is 296 g/mol. The fourth-order valence-electron chi connectivity index (χ4n) is 2.25. The van der Waals surface area contributed by atoms with Crippen LogP contribution in [-0.4, -0.2) is 15.0 Å². The number of pyridine rings is 1. The van der Waals surface area contributed by atoms with Crippen molar-refractivity contribution in [1.29, 1.82) is 0 Å². The molecule has 21 heavy (non-hydrogen) atoms. The van der Waals surface area contributed by atoms with E-state index < -0.39 is 0 Å². The minimum absolute atomic E-state index is 0.667. The second-order valence-electron chi connectivity index (χ2n) is 4.67. The number of nitrogens with zero attached hydrogens (tertiary/aromatic N) is 2. The van der Waals surface area contributed by atoms with Crippen LogP contribution in [-0.2, 0) is 0 Å². The van der Waals surface area contributed by atoms with Crippen LogP contribution in [0, 0.1) is 0 Å². The van der Waals surface area contributed by atoms with Crippen LogP contribution in [0.3, 0.4) is 0 Å². The topological polar surface area (TPSA) is 54.7 Å². The largest absolute Gasteiger partial charge is 0.464 e. The number of aromatic amines is 1. The quantitative estimate of drug-likeness (QED) is 0.591. The summed E-state index contributed by atoms with van der Waals surface area (Å²) in [6, 6.07) is 13.3. The fourth-order valence-corrected chi connectivity index (χ4v) is 2.44. The SMILES string of the molecule is Clc1cccc(-c2nc3ncc(-c4ccco4)cc3[nH]2)c1. The van der Waals surface area contributed by atoms with E-state index in [0.717, 1.165) is 28.2 Å². The summed E-state index contributed by atoms with van der Waals surface area (Å²) in [5.41, 5.74) is 3.37. The minimum Gasteiger partial charge on any atom is -0.464 e. The molecule has 0 radical (unpaired) electrons. The first kappa shape index (κ1) is 12.2. The molecule has 102 valence electrons. The molecule has 0 atom stereocenters. The molecule has 4 nitrogen and oxygen atoms in total. The number of aromatic nitrogens is 3. The third kappa shape index (κ3) is 2.19. The molecule has 0 aliphatic carbocycles. The van der Waals surface area contributed by atoms with Gasteiger partial charge in [0.2, 0.25) is 0 Å². The van der Waals surface area contributed by atoms with Crippen LogP contribution < -0.4 is 0 Å². The zero-order valence-corrected chi connectivity index (χ0v) is 11.6. The Morgan fingerprint density at radius 2 is 2.00 bits per heavy atom. The third-order valence-corrected chi connectivity index (χ3v) is 3.48. The summed E-state index contributed by atoms with van der Waals surface area (Å²) in [6.07, 6.45) is 3.40. The molecule has 0 fully saturated rings. The summed E-state index contributed by atoms with van der Waals surface area (Å²) in [6.45, 7) is 0. The van der Waals surface area contributed by atoms with Crippen molar-refractivity contribution in [2.24, 2.45) is 0 Å². The molecule has 1 N–H and O–H groups in total. The summed E-state index contributed by atoms with van der Waals surface area (Å²) in [5.74, 6) is 1.53. The van der Waals surface area contributed by atoms with Gasteiger partial charge in [-0.3, -0.25) is 0 Å². The predicted molar refractivity (Wildman–Crippen MR) is 82.0 cm³/mol. The van der Waals surface area contributed by atoms with Gasteiger partial charge in [0.05, 0.1) is 11.8 Å². The Kier molecular flexibility index (Phi) is 2.75. The van der Waals surface area contributed by atoms with E-state index in [1.807, 2.05) is 42.5 Å². The number of nitrogens with one attached hydrogen (secondary N) is 1. The van der Waals surface area contributed by atoms with E-state index in [9.17, 15) is 0 Å². The number of halogens is 1. The van der Waals surface area contributed by atoms with E-state index in [4.69, 9.17) is 16.0 Å². The first-order chi connectivity index (χ1) is 10.3. The molecule has 3 aromatic heterocycles. The van der Waals surface area contributed by atoms with Gasteiger partial charge >= 0.3 is 0 Å². The van der Waals surface area contributed by atoms with E-state index in [2.05, 4.69) is 15.0 Å². The van der Waals surface area contributed by atoms with E-state index in [0.29, 0.717) is 10.7 Å². The van der Waals surface area contributed by atoms with Gasteiger partial charge in [0.1, 0.15) is 11.6 Å². The molecule has 0 bridgehead atoms. The molecule has 0 saturated heterocycles. The standard InChI is InChI=1S/C16H10ClN3O/c17-12-4-1-3-10(7-12)15-19-13-8-11(9-18-16(13)20-15)14-5-2-6-21-14/h1-9H,(H,18,19,20). The predicted octanol–water partition coefficient (Wildman–Crippen LogP) is 4.54. The Morgan fingerprint density at radius 3 is 2.81 bits per heavy atom.